The number of nitrogens with zero attached hydrogens (tertiary/aromatic N) is 3. The number of rotatable bonds is 4. The van der Waals surface area contributed by atoms with E-state index in [2.05, 4.69) is 15.4 Å². The number of nitrogens with one attached hydrogen (secondary N) is 1. The summed E-state index contributed by atoms with van der Waals surface area (Å²) >= 11 is 0. The Kier molecular flexibility index (Phi) is 3.05. The van der Waals surface area contributed by atoms with Gasteiger partial charge in [0.15, 0.2) is 0 Å². The number of pyridine rings is 1. The molecule has 0 bridgehead atoms. The summed E-state index contributed by atoms with van der Waals surface area (Å²) < 4.78 is 1.89. The quantitative estimate of drug-likeness (QED) is 0.809. The van der Waals surface area contributed by atoms with Gasteiger partial charge in [0.05, 0.1) is 18.4 Å². The fourth-order valence-electron chi connectivity index (χ4n) is 1.44. The molecule has 2 aromatic rings. The minimum Gasteiger partial charge on any atom is -0.396 e. The van der Waals surface area contributed by atoms with Crippen LogP contribution in [0.5, 0.6) is 0 Å². The van der Waals surface area contributed by atoms with Gasteiger partial charge in [-0.1, -0.05) is 0 Å². The third-order valence-electron chi connectivity index (χ3n) is 2.23. The van der Waals surface area contributed by atoms with Crippen LogP contribution in [-0.2, 0) is 6.54 Å². The SMILES string of the molecule is Cc1cnn(CCNc2ncccc2N)c1. The lowest BCUT2D eigenvalue weighted by atomic mass is 10.4. The number of nitrogen functional groups attached to an aromatic ring is 1. The van der Waals surface area contributed by atoms with E-state index in [1.165, 1.54) is 0 Å². The molecular formula is C11H15N5. The Morgan fingerprint density at radius 3 is 3.06 bits per heavy atom. The van der Waals surface area contributed by atoms with Crippen LogP contribution in [0.3, 0.4) is 0 Å². The maximum atomic E-state index is 5.76. The van der Waals surface area contributed by atoms with Crippen LogP contribution in [0.1, 0.15) is 5.56 Å². The van der Waals surface area contributed by atoms with Gasteiger partial charge in [-0.05, 0) is 24.6 Å². The molecule has 0 aromatic carbocycles. The highest BCUT2D eigenvalue weighted by Gasteiger charge is 1.98. The van der Waals surface area contributed by atoms with Crippen molar-refractivity contribution in [1.29, 1.82) is 0 Å². The van der Waals surface area contributed by atoms with E-state index >= 15 is 0 Å². The van der Waals surface area contributed by atoms with Crippen LogP contribution in [0.4, 0.5) is 11.5 Å². The fourth-order valence-corrected chi connectivity index (χ4v) is 1.44. The van der Waals surface area contributed by atoms with Gasteiger partial charge in [0, 0.05) is 18.9 Å². The lowest BCUT2D eigenvalue weighted by Crippen LogP contribution is -2.12. The van der Waals surface area contributed by atoms with Crippen LogP contribution in [-0.4, -0.2) is 21.3 Å². The van der Waals surface area contributed by atoms with Gasteiger partial charge in [-0.2, -0.15) is 5.10 Å². The highest BCUT2D eigenvalue weighted by molar-refractivity contribution is 5.60. The summed E-state index contributed by atoms with van der Waals surface area (Å²) in [6.45, 7) is 3.57. The summed E-state index contributed by atoms with van der Waals surface area (Å²) in [4.78, 5) is 4.15. The van der Waals surface area contributed by atoms with Gasteiger partial charge in [-0.3, -0.25) is 4.68 Å². The Balaban J connectivity index is 1.87. The largest absolute Gasteiger partial charge is 0.396 e. The molecule has 0 saturated heterocycles. The molecule has 0 aliphatic rings. The Bertz CT molecular complexity index is 463. The third-order valence-corrected chi connectivity index (χ3v) is 2.23. The first-order chi connectivity index (χ1) is 7.75. The molecule has 2 rings (SSSR count). The molecule has 2 heterocycles. The molecule has 0 saturated carbocycles. The Morgan fingerprint density at radius 1 is 1.50 bits per heavy atom. The van der Waals surface area contributed by atoms with E-state index in [1.807, 2.05) is 36.1 Å². The fraction of sp³-hybridized carbons (Fsp3) is 0.273. The molecular weight excluding hydrogens is 202 g/mol. The second-order valence-electron chi connectivity index (χ2n) is 3.65. The first-order valence-corrected chi connectivity index (χ1v) is 5.19. The Morgan fingerprint density at radius 2 is 2.38 bits per heavy atom. The van der Waals surface area contributed by atoms with Crippen LogP contribution in [0.2, 0.25) is 0 Å². The van der Waals surface area contributed by atoms with Crippen LogP contribution in [0.25, 0.3) is 0 Å². The van der Waals surface area contributed by atoms with Crippen LogP contribution < -0.4 is 11.1 Å². The van der Waals surface area contributed by atoms with E-state index in [0.29, 0.717) is 5.69 Å². The van der Waals surface area contributed by atoms with E-state index in [-0.39, 0.29) is 0 Å². The summed E-state index contributed by atoms with van der Waals surface area (Å²) in [5.41, 5.74) is 7.59. The van der Waals surface area contributed by atoms with Crippen molar-refractivity contribution < 1.29 is 0 Å². The van der Waals surface area contributed by atoms with E-state index < -0.39 is 0 Å². The second-order valence-corrected chi connectivity index (χ2v) is 3.65. The molecule has 0 fully saturated rings. The van der Waals surface area contributed by atoms with Gasteiger partial charge in [0.2, 0.25) is 0 Å². The molecule has 0 aliphatic carbocycles. The van der Waals surface area contributed by atoms with E-state index in [4.69, 9.17) is 5.73 Å². The number of aromatic nitrogens is 3. The second kappa shape index (κ2) is 4.65. The third kappa shape index (κ3) is 2.50. The molecule has 5 heteroatoms. The maximum Gasteiger partial charge on any atom is 0.149 e. The summed E-state index contributed by atoms with van der Waals surface area (Å²) in [7, 11) is 0. The van der Waals surface area contributed by atoms with Crippen molar-refractivity contribution in [3.63, 3.8) is 0 Å². The summed E-state index contributed by atoms with van der Waals surface area (Å²) in [5, 5.41) is 7.37. The highest BCUT2D eigenvalue weighted by Crippen LogP contribution is 2.12. The lowest BCUT2D eigenvalue weighted by Gasteiger charge is -2.07. The van der Waals surface area contributed by atoms with Crippen molar-refractivity contribution >= 4 is 11.5 Å². The van der Waals surface area contributed by atoms with Crippen molar-refractivity contribution in [2.45, 2.75) is 13.5 Å². The average Bonchev–Trinajstić information content (AvgIpc) is 2.67. The minimum absolute atomic E-state index is 0.666. The summed E-state index contributed by atoms with van der Waals surface area (Å²) in [5.74, 6) is 0.728. The molecule has 0 amide bonds. The standard InChI is InChI=1S/C11H15N5/c1-9-7-15-16(8-9)6-5-14-11-10(12)3-2-4-13-11/h2-4,7-8H,5-6,12H2,1H3,(H,13,14). The molecule has 5 nitrogen and oxygen atoms in total. The molecule has 0 radical (unpaired) electrons. The first kappa shape index (κ1) is 10.5. The van der Waals surface area contributed by atoms with Crippen LogP contribution in [0.15, 0.2) is 30.7 Å². The normalized spacial score (nSPS) is 10.3. The van der Waals surface area contributed by atoms with Crippen molar-refractivity contribution in [2.75, 3.05) is 17.6 Å². The number of aryl methyl sites for hydroxylation is 1. The monoisotopic (exact) mass is 217 g/mol. The minimum atomic E-state index is 0.666. The number of hydrogen-bond donors (Lipinski definition) is 2. The predicted molar refractivity (Wildman–Crippen MR) is 64.1 cm³/mol. The molecule has 0 aliphatic heterocycles. The molecule has 0 unspecified atom stereocenters. The molecule has 16 heavy (non-hydrogen) atoms. The Hall–Kier alpha value is -2.04. The number of anilines is 2. The summed E-state index contributed by atoms with van der Waals surface area (Å²) in [6.07, 6.45) is 5.56. The van der Waals surface area contributed by atoms with Gasteiger partial charge in [0.25, 0.3) is 0 Å². The molecule has 2 aromatic heterocycles. The van der Waals surface area contributed by atoms with E-state index in [0.717, 1.165) is 24.5 Å². The van der Waals surface area contributed by atoms with Gasteiger partial charge in [-0.25, -0.2) is 4.98 Å². The molecule has 84 valence electrons. The number of hydrogen-bond acceptors (Lipinski definition) is 4. The zero-order valence-corrected chi connectivity index (χ0v) is 9.22. The highest BCUT2D eigenvalue weighted by atomic mass is 15.3. The Labute approximate surface area is 94.3 Å². The van der Waals surface area contributed by atoms with E-state index in [9.17, 15) is 0 Å². The van der Waals surface area contributed by atoms with Crippen LogP contribution >= 0.6 is 0 Å². The maximum absolute atomic E-state index is 5.76. The van der Waals surface area contributed by atoms with Gasteiger partial charge in [-0.15, -0.1) is 0 Å². The smallest absolute Gasteiger partial charge is 0.149 e. The molecule has 3 N–H and O–H groups in total. The first-order valence-electron chi connectivity index (χ1n) is 5.19. The van der Waals surface area contributed by atoms with Gasteiger partial charge < -0.3 is 11.1 Å². The summed E-state index contributed by atoms with van der Waals surface area (Å²) in [6, 6.07) is 3.64. The average molecular weight is 217 g/mol. The van der Waals surface area contributed by atoms with Gasteiger partial charge in [0.1, 0.15) is 5.82 Å². The topological polar surface area (TPSA) is 68.8 Å². The molecule has 0 atom stereocenters. The molecule has 0 spiro atoms. The van der Waals surface area contributed by atoms with Crippen molar-refractivity contribution in [1.82, 2.24) is 14.8 Å². The van der Waals surface area contributed by atoms with Crippen molar-refractivity contribution in [3.8, 4) is 0 Å². The van der Waals surface area contributed by atoms with Crippen molar-refractivity contribution in [2.24, 2.45) is 0 Å². The lowest BCUT2D eigenvalue weighted by molar-refractivity contribution is 0.637. The van der Waals surface area contributed by atoms with E-state index in [1.54, 1.807) is 6.20 Å². The zero-order chi connectivity index (χ0) is 11.4. The number of nitrogens with two attached hydrogens (primary N) is 1. The van der Waals surface area contributed by atoms with Gasteiger partial charge >= 0.3 is 0 Å². The predicted octanol–water partition coefficient (Wildman–Crippen LogP) is 1.28. The van der Waals surface area contributed by atoms with Crippen LogP contribution in [0, 0.1) is 6.92 Å². The zero-order valence-electron chi connectivity index (χ0n) is 9.22. The van der Waals surface area contributed by atoms with Crippen molar-refractivity contribution in [3.05, 3.63) is 36.3 Å².